The highest BCUT2D eigenvalue weighted by Gasteiger charge is 2.43. The fraction of sp³-hybridized carbons (Fsp3) is 0.206. The largest absolute Gasteiger partial charge is 0.497 e. The van der Waals surface area contributed by atoms with Gasteiger partial charge >= 0.3 is 5.97 Å². The number of anilines is 3. The SMILES string of the molecule is COc1ccc(CNc2nccc3cc(NC(=O)C(OC(C)=O)C4OCCN(c5ccn(-c6ccncc6)n5)C4=O)c(C(N)=O)cc23)cc1. The average molecular weight is 665 g/mol. The monoisotopic (exact) mass is 664 g/mol. The lowest BCUT2D eigenvalue weighted by molar-refractivity contribution is -0.167. The van der Waals surface area contributed by atoms with Gasteiger partial charge in [-0.3, -0.25) is 29.1 Å². The summed E-state index contributed by atoms with van der Waals surface area (Å²) >= 11 is 0. The lowest BCUT2D eigenvalue weighted by atomic mass is 10.0. The Morgan fingerprint density at radius 1 is 1.06 bits per heavy atom. The van der Waals surface area contributed by atoms with Gasteiger partial charge < -0.3 is 30.6 Å². The molecule has 0 radical (unpaired) electrons. The van der Waals surface area contributed by atoms with Crippen molar-refractivity contribution in [2.75, 3.05) is 35.8 Å². The number of esters is 1. The molecular formula is C34H32N8O7. The quantitative estimate of drug-likeness (QED) is 0.176. The van der Waals surface area contributed by atoms with Crippen LogP contribution in [0.1, 0.15) is 22.8 Å². The summed E-state index contributed by atoms with van der Waals surface area (Å²) in [5, 5.41) is 11.6. The van der Waals surface area contributed by atoms with Crippen LogP contribution in [0.15, 0.2) is 85.5 Å². The number of aromatic nitrogens is 4. The molecule has 49 heavy (non-hydrogen) atoms. The van der Waals surface area contributed by atoms with Crippen LogP contribution in [0.2, 0.25) is 0 Å². The summed E-state index contributed by atoms with van der Waals surface area (Å²) in [6.45, 7) is 1.73. The van der Waals surface area contributed by atoms with Gasteiger partial charge in [-0.15, -0.1) is 5.10 Å². The Bertz CT molecular complexity index is 2020. The third-order valence-electron chi connectivity index (χ3n) is 7.77. The van der Waals surface area contributed by atoms with Gasteiger partial charge in [-0.1, -0.05) is 12.1 Å². The molecule has 6 rings (SSSR count). The molecular weight excluding hydrogens is 632 g/mol. The van der Waals surface area contributed by atoms with E-state index >= 15 is 0 Å². The number of benzene rings is 2. The van der Waals surface area contributed by atoms with E-state index < -0.39 is 35.9 Å². The minimum absolute atomic E-state index is 0.0258. The molecule has 0 bridgehead atoms. The van der Waals surface area contributed by atoms with Gasteiger partial charge in [-0.25, -0.2) is 9.67 Å². The van der Waals surface area contributed by atoms with Crippen molar-refractivity contribution in [3.05, 3.63) is 96.6 Å². The van der Waals surface area contributed by atoms with Crippen molar-refractivity contribution in [1.82, 2.24) is 19.7 Å². The minimum Gasteiger partial charge on any atom is -0.497 e. The number of ether oxygens (including phenoxy) is 3. The molecule has 3 amide bonds. The first-order valence-electron chi connectivity index (χ1n) is 15.2. The van der Waals surface area contributed by atoms with Crippen LogP contribution in [0.4, 0.5) is 17.3 Å². The van der Waals surface area contributed by atoms with Gasteiger partial charge in [0, 0.05) is 49.7 Å². The molecule has 2 atom stereocenters. The first-order chi connectivity index (χ1) is 23.7. The van der Waals surface area contributed by atoms with Gasteiger partial charge in [0.05, 0.1) is 37.2 Å². The Kier molecular flexibility index (Phi) is 9.43. The number of amides is 3. The highest BCUT2D eigenvalue weighted by atomic mass is 16.6. The van der Waals surface area contributed by atoms with E-state index in [4.69, 9.17) is 19.9 Å². The topological polar surface area (TPSA) is 193 Å². The molecule has 15 heteroatoms. The average Bonchev–Trinajstić information content (AvgIpc) is 3.60. The fourth-order valence-corrected chi connectivity index (χ4v) is 5.38. The van der Waals surface area contributed by atoms with Gasteiger partial charge in [0.2, 0.25) is 6.10 Å². The minimum atomic E-state index is -1.70. The van der Waals surface area contributed by atoms with Crippen molar-refractivity contribution in [2.45, 2.75) is 25.7 Å². The summed E-state index contributed by atoms with van der Waals surface area (Å²) in [7, 11) is 1.59. The van der Waals surface area contributed by atoms with Crippen molar-refractivity contribution >= 4 is 51.8 Å². The van der Waals surface area contributed by atoms with E-state index in [9.17, 15) is 19.2 Å². The Balaban J connectivity index is 1.24. The van der Waals surface area contributed by atoms with E-state index in [0.29, 0.717) is 29.0 Å². The molecule has 0 spiro atoms. The number of fused-ring (bicyclic) bond motifs is 1. The zero-order valence-corrected chi connectivity index (χ0v) is 26.5. The van der Waals surface area contributed by atoms with Gasteiger partial charge in [-0.05, 0) is 53.4 Å². The highest BCUT2D eigenvalue weighted by molar-refractivity contribution is 6.11. The van der Waals surface area contributed by atoms with E-state index in [0.717, 1.165) is 23.9 Å². The van der Waals surface area contributed by atoms with Crippen molar-refractivity contribution in [3.63, 3.8) is 0 Å². The molecule has 0 saturated carbocycles. The zero-order valence-electron chi connectivity index (χ0n) is 26.5. The van der Waals surface area contributed by atoms with E-state index in [1.54, 1.807) is 66.9 Å². The van der Waals surface area contributed by atoms with Crippen LogP contribution in [-0.4, -0.2) is 75.9 Å². The lowest BCUT2D eigenvalue weighted by Gasteiger charge is -2.34. The van der Waals surface area contributed by atoms with Gasteiger partial charge in [0.25, 0.3) is 17.7 Å². The zero-order chi connectivity index (χ0) is 34.5. The molecule has 2 unspecified atom stereocenters. The molecule has 15 nitrogen and oxygen atoms in total. The molecule has 4 N–H and O–H groups in total. The Morgan fingerprint density at radius 2 is 1.84 bits per heavy atom. The van der Waals surface area contributed by atoms with Crippen LogP contribution in [0.5, 0.6) is 5.75 Å². The number of nitrogens with one attached hydrogen (secondary N) is 2. The van der Waals surface area contributed by atoms with Crippen molar-refractivity contribution in [1.29, 1.82) is 0 Å². The summed E-state index contributed by atoms with van der Waals surface area (Å²) in [5.74, 6) is -1.65. The second-order valence-corrected chi connectivity index (χ2v) is 11.0. The van der Waals surface area contributed by atoms with E-state index in [2.05, 4.69) is 25.7 Å². The predicted octanol–water partition coefficient (Wildman–Crippen LogP) is 2.84. The molecule has 1 fully saturated rings. The number of rotatable bonds is 11. The number of nitrogens with zero attached hydrogens (tertiary/aromatic N) is 5. The maximum Gasteiger partial charge on any atom is 0.303 e. The standard InChI is InChI=1S/C34H32N8O7/c1-20(43)49-29(30-34(46)41(15-16-48-30)28-10-14-42(40-28)23-8-11-36-12-9-23)33(45)39-27-17-22-7-13-37-32(25(22)18-26(27)31(35)44)38-19-21-3-5-24(47-2)6-4-21/h3-14,17-18,29-30H,15-16,19H2,1-2H3,(H2,35,44)(H,37,38)(H,39,45). The molecule has 3 aromatic heterocycles. The van der Waals surface area contributed by atoms with Crippen LogP contribution in [0.25, 0.3) is 16.5 Å². The molecule has 250 valence electrons. The third-order valence-corrected chi connectivity index (χ3v) is 7.77. The Labute approximate surface area is 280 Å². The smallest absolute Gasteiger partial charge is 0.303 e. The van der Waals surface area contributed by atoms with Gasteiger partial charge in [0.1, 0.15) is 11.6 Å². The summed E-state index contributed by atoms with van der Waals surface area (Å²) < 4.78 is 17.8. The number of primary amides is 1. The number of carbonyl (C=O) groups excluding carboxylic acids is 4. The van der Waals surface area contributed by atoms with E-state index in [1.165, 1.54) is 11.0 Å². The summed E-state index contributed by atoms with van der Waals surface area (Å²) in [6.07, 6.45) is 3.29. The first kappa shape index (κ1) is 32.6. The molecule has 2 aromatic carbocycles. The number of hydrogen-bond donors (Lipinski definition) is 3. The predicted molar refractivity (Wildman–Crippen MR) is 178 cm³/mol. The number of methoxy groups -OCH3 is 1. The summed E-state index contributed by atoms with van der Waals surface area (Å²) in [5.41, 5.74) is 7.46. The van der Waals surface area contributed by atoms with Gasteiger partial charge in [-0.2, -0.15) is 0 Å². The Hall–Kier alpha value is -6.35. The maximum absolute atomic E-state index is 13.8. The molecule has 1 aliphatic heterocycles. The number of carbonyl (C=O) groups is 4. The third kappa shape index (κ3) is 7.16. The molecule has 1 saturated heterocycles. The van der Waals surface area contributed by atoms with Crippen LogP contribution >= 0.6 is 0 Å². The molecule has 4 heterocycles. The lowest BCUT2D eigenvalue weighted by Crippen LogP contribution is -2.56. The summed E-state index contributed by atoms with van der Waals surface area (Å²) in [6, 6.07) is 17.4. The van der Waals surface area contributed by atoms with Crippen molar-refractivity contribution in [3.8, 4) is 11.4 Å². The molecule has 1 aliphatic rings. The molecule has 0 aliphatic carbocycles. The number of nitrogens with two attached hydrogens (primary N) is 1. The van der Waals surface area contributed by atoms with E-state index in [1.807, 2.05) is 24.3 Å². The normalized spacial score (nSPS) is 15.0. The van der Waals surface area contributed by atoms with Crippen molar-refractivity contribution < 1.29 is 33.4 Å². The van der Waals surface area contributed by atoms with Gasteiger partial charge in [0.15, 0.2) is 11.9 Å². The van der Waals surface area contributed by atoms with Crippen LogP contribution in [-0.2, 0) is 30.4 Å². The van der Waals surface area contributed by atoms with Crippen molar-refractivity contribution in [2.24, 2.45) is 5.73 Å². The van der Waals surface area contributed by atoms with Crippen LogP contribution in [0, 0.1) is 0 Å². The Morgan fingerprint density at radius 3 is 2.55 bits per heavy atom. The number of hydrogen-bond acceptors (Lipinski definition) is 11. The summed E-state index contributed by atoms with van der Waals surface area (Å²) in [4.78, 5) is 62.0. The second kappa shape index (κ2) is 14.2. The molecule has 5 aromatic rings. The fourth-order valence-electron chi connectivity index (χ4n) is 5.38. The highest BCUT2D eigenvalue weighted by Crippen LogP contribution is 2.30. The van der Waals surface area contributed by atoms with Crippen LogP contribution < -0.4 is 26.0 Å². The number of morpholine rings is 1. The maximum atomic E-state index is 13.8. The van der Waals surface area contributed by atoms with Crippen LogP contribution in [0.3, 0.4) is 0 Å². The first-order valence-corrected chi connectivity index (χ1v) is 15.2. The second-order valence-electron chi connectivity index (χ2n) is 11.0. The number of pyridine rings is 2. The van der Waals surface area contributed by atoms with E-state index in [-0.39, 0.29) is 24.4 Å².